The first kappa shape index (κ1) is 17.9. The molecule has 0 saturated heterocycles. The number of amides is 2. The number of hydrogen-bond donors (Lipinski definition) is 2. The van der Waals surface area contributed by atoms with Gasteiger partial charge in [0.25, 0.3) is 17.4 Å². The Morgan fingerprint density at radius 3 is 2.42 bits per heavy atom. The van der Waals surface area contributed by atoms with Crippen molar-refractivity contribution in [3.63, 3.8) is 0 Å². The molecule has 1 heterocycles. The van der Waals surface area contributed by atoms with Gasteiger partial charge in [0.15, 0.2) is 0 Å². The van der Waals surface area contributed by atoms with Crippen LogP contribution < -0.4 is 16.2 Å². The van der Waals surface area contributed by atoms with E-state index >= 15 is 0 Å². The van der Waals surface area contributed by atoms with E-state index in [1.165, 1.54) is 23.9 Å². The highest BCUT2D eigenvalue weighted by Gasteiger charge is 2.34. The van der Waals surface area contributed by atoms with Crippen LogP contribution in [0.1, 0.15) is 52.6 Å². The maximum atomic E-state index is 12.8. The van der Waals surface area contributed by atoms with E-state index in [0.717, 1.165) is 12.0 Å². The van der Waals surface area contributed by atoms with E-state index in [1.54, 1.807) is 0 Å². The summed E-state index contributed by atoms with van der Waals surface area (Å²) in [6.07, 6.45) is 2.49. The highest BCUT2D eigenvalue weighted by molar-refractivity contribution is 5.99. The molecule has 6 heteroatoms. The molecular formula is C20H23N3O3. The second-order valence-corrected chi connectivity index (χ2v) is 6.81. The van der Waals surface area contributed by atoms with Crippen molar-refractivity contribution >= 4 is 11.8 Å². The van der Waals surface area contributed by atoms with Crippen molar-refractivity contribution in [2.24, 2.45) is 5.92 Å². The molecular weight excluding hydrogens is 330 g/mol. The van der Waals surface area contributed by atoms with Gasteiger partial charge in [-0.05, 0) is 30.9 Å². The van der Waals surface area contributed by atoms with Crippen LogP contribution in [0.4, 0.5) is 0 Å². The molecule has 3 atom stereocenters. The van der Waals surface area contributed by atoms with Crippen LogP contribution >= 0.6 is 0 Å². The Balaban J connectivity index is 2.04. The van der Waals surface area contributed by atoms with Gasteiger partial charge in [-0.1, -0.05) is 37.3 Å². The van der Waals surface area contributed by atoms with Crippen LogP contribution in [0.15, 0.2) is 47.4 Å². The Morgan fingerprint density at radius 1 is 1.19 bits per heavy atom. The highest BCUT2D eigenvalue weighted by Crippen LogP contribution is 2.29. The lowest BCUT2D eigenvalue weighted by Gasteiger charge is -2.18. The van der Waals surface area contributed by atoms with Gasteiger partial charge in [0, 0.05) is 19.3 Å². The van der Waals surface area contributed by atoms with Crippen LogP contribution in [0.3, 0.4) is 0 Å². The van der Waals surface area contributed by atoms with Crippen LogP contribution in [-0.2, 0) is 0 Å². The number of carbonyl (C=O) groups is 2. The molecule has 1 aliphatic rings. The minimum absolute atomic E-state index is 0.0354. The summed E-state index contributed by atoms with van der Waals surface area (Å²) in [7, 11) is 1.46. The second kappa shape index (κ2) is 7.15. The molecule has 1 aromatic carbocycles. The third-order valence-electron chi connectivity index (χ3n) is 4.90. The van der Waals surface area contributed by atoms with Gasteiger partial charge in [0.2, 0.25) is 0 Å². The van der Waals surface area contributed by atoms with Crippen molar-refractivity contribution in [3.05, 3.63) is 69.6 Å². The summed E-state index contributed by atoms with van der Waals surface area (Å²) in [5, 5.41) is 5.41. The monoisotopic (exact) mass is 353 g/mol. The Hall–Kier alpha value is -2.89. The average molecular weight is 353 g/mol. The van der Waals surface area contributed by atoms with Crippen LogP contribution in [0.2, 0.25) is 0 Å². The lowest BCUT2D eigenvalue weighted by atomic mass is 10.1. The third kappa shape index (κ3) is 3.54. The zero-order valence-corrected chi connectivity index (χ0v) is 15.2. The van der Waals surface area contributed by atoms with E-state index in [0.29, 0.717) is 11.5 Å². The fraction of sp³-hybridized carbons (Fsp3) is 0.350. The Kier molecular flexibility index (Phi) is 4.93. The van der Waals surface area contributed by atoms with Crippen molar-refractivity contribution in [3.8, 4) is 0 Å². The van der Waals surface area contributed by atoms with E-state index in [-0.39, 0.29) is 23.6 Å². The Bertz CT molecular complexity index is 889. The topological polar surface area (TPSA) is 80.2 Å². The first-order chi connectivity index (χ1) is 12.4. The molecule has 2 amide bonds. The van der Waals surface area contributed by atoms with Crippen LogP contribution in [0.25, 0.3) is 0 Å². The van der Waals surface area contributed by atoms with Crippen molar-refractivity contribution in [2.75, 3.05) is 7.05 Å². The number of nitrogens with zero attached hydrogens (tertiary/aromatic N) is 1. The van der Waals surface area contributed by atoms with Gasteiger partial charge in [-0.3, -0.25) is 14.4 Å². The smallest absolute Gasteiger partial charge is 0.264 e. The minimum Gasteiger partial charge on any atom is -0.355 e. The number of aromatic nitrogens is 1. The Morgan fingerprint density at radius 2 is 1.85 bits per heavy atom. The van der Waals surface area contributed by atoms with Crippen LogP contribution in [-0.4, -0.2) is 29.5 Å². The fourth-order valence-electron chi connectivity index (χ4n) is 2.98. The molecule has 0 radical (unpaired) electrons. The van der Waals surface area contributed by atoms with Crippen LogP contribution in [0.5, 0.6) is 0 Å². The Labute approximate surface area is 152 Å². The summed E-state index contributed by atoms with van der Waals surface area (Å²) in [6.45, 7) is 3.94. The van der Waals surface area contributed by atoms with E-state index in [4.69, 9.17) is 0 Å². The fourth-order valence-corrected chi connectivity index (χ4v) is 2.98. The number of hydrogen-bond acceptors (Lipinski definition) is 3. The molecule has 26 heavy (non-hydrogen) atoms. The van der Waals surface area contributed by atoms with Gasteiger partial charge in [-0.25, -0.2) is 0 Å². The minimum atomic E-state index is -0.501. The predicted molar refractivity (Wildman–Crippen MR) is 99.4 cm³/mol. The molecule has 1 aromatic heterocycles. The molecule has 6 nitrogen and oxygen atoms in total. The molecule has 2 N–H and O–H groups in total. The lowest BCUT2D eigenvalue weighted by molar-refractivity contribution is 0.0948. The third-order valence-corrected chi connectivity index (χ3v) is 4.90. The standard InChI is InChI=1S/C20H23N3O3/c1-12-9-17(12)22-18(24)15-10-16(19(25)21-3)20(26)23(11-15)13(2)14-7-5-4-6-8-14/h4-8,10-13,17H,9H2,1-3H3,(H,21,25)(H,22,24)/t12-,13?,17-/m1/s1. The lowest BCUT2D eigenvalue weighted by Crippen LogP contribution is -2.35. The van der Waals surface area contributed by atoms with E-state index in [2.05, 4.69) is 17.6 Å². The summed E-state index contributed by atoms with van der Waals surface area (Å²) in [4.78, 5) is 37.5. The number of carbonyl (C=O) groups excluding carboxylic acids is 2. The van der Waals surface area contributed by atoms with Crippen molar-refractivity contribution < 1.29 is 9.59 Å². The maximum Gasteiger partial charge on any atom is 0.264 e. The number of rotatable bonds is 5. The molecule has 2 aromatic rings. The van der Waals surface area contributed by atoms with E-state index in [1.807, 2.05) is 37.3 Å². The van der Waals surface area contributed by atoms with Gasteiger partial charge in [0.1, 0.15) is 5.56 Å². The van der Waals surface area contributed by atoms with E-state index < -0.39 is 11.5 Å². The molecule has 0 bridgehead atoms. The van der Waals surface area contributed by atoms with Gasteiger partial charge >= 0.3 is 0 Å². The average Bonchev–Trinajstić information content (AvgIpc) is 3.35. The first-order valence-electron chi connectivity index (χ1n) is 8.76. The van der Waals surface area contributed by atoms with E-state index in [9.17, 15) is 14.4 Å². The quantitative estimate of drug-likeness (QED) is 0.862. The van der Waals surface area contributed by atoms with Crippen molar-refractivity contribution in [2.45, 2.75) is 32.4 Å². The summed E-state index contributed by atoms with van der Waals surface area (Å²) < 4.78 is 1.45. The molecule has 0 spiro atoms. The normalized spacial score (nSPS) is 19.5. The first-order valence-corrected chi connectivity index (χ1v) is 8.76. The maximum absolute atomic E-state index is 12.8. The van der Waals surface area contributed by atoms with Gasteiger partial charge in [-0.15, -0.1) is 0 Å². The molecule has 136 valence electrons. The molecule has 3 rings (SSSR count). The van der Waals surface area contributed by atoms with Gasteiger partial charge in [0.05, 0.1) is 11.6 Å². The summed E-state index contributed by atoms with van der Waals surface area (Å²) >= 11 is 0. The molecule has 1 fully saturated rings. The molecule has 0 aliphatic heterocycles. The van der Waals surface area contributed by atoms with Crippen LogP contribution in [0, 0.1) is 5.92 Å². The largest absolute Gasteiger partial charge is 0.355 e. The summed E-state index contributed by atoms with van der Waals surface area (Å²) in [5.74, 6) is -0.302. The highest BCUT2D eigenvalue weighted by atomic mass is 16.2. The van der Waals surface area contributed by atoms with Gasteiger partial charge in [-0.2, -0.15) is 0 Å². The molecule has 1 saturated carbocycles. The number of pyridine rings is 1. The predicted octanol–water partition coefficient (Wildman–Crippen LogP) is 1.96. The zero-order chi connectivity index (χ0) is 18.8. The second-order valence-electron chi connectivity index (χ2n) is 6.81. The van der Waals surface area contributed by atoms with Gasteiger partial charge < -0.3 is 15.2 Å². The van der Waals surface area contributed by atoms with Crippen molar-refractivity contribution in [1.82, 2.24) is 15.2 Å². The molecule has 1 unspecified atom stereocenters. The summed E-state index contributed by atoms with van der Waals surface area (Å²) in [6, 6.07) is 10.7. The summed E-state index contributed by atoms with van der Waals surface area (Å²) in [5.41, 5.74) is 0.778. The zero-order valence-electron chi connectivity index (χ0n) is 15.2. The number of nitrogens with one attached hydrogen (secondary N) is 2. The molecule has 1 aliphatic carbocycles. The number of benzene rings is 1. The SMILES string of the molecule is CNC(=O)c1cc(C(=O)N[C@@H]2C[C@H]2C)cn(C(C)c2ccccc2)c1=O. The van der Waals surface area contributed by atoms with Crippen molar-refractivity contribution in [1.29, 1.82) is 0 Å².